The van der Waals surface area contributed by atoms with Gasteiger partial charge in [-0.15, -0.1) is 0 Å². The number of ketones is 2. The zero-order valence-corrected chi connectivity index (χ0v) is 27.0. The van der Waals surface area contributed by atoms with E-state index in [2.05, 4.69) is 16.0 Å². The lowest BCUT2D eigenvalue weighted by molar-refractivity contribution is -0.120. The minimum absolute atomic E-state index is 0.118. The third-order valence-electron chi connectivity index (χ3n) is 7.76. The van der Waals surface area contributed by atoms with E-state index in [9.17, 15) is 29.4 Å². The number of amides is 2. The Morgan fingerprint density at radius 2 is 1.82 bits per heavy atom. The molecule has 12 nitrogen and oxygen atoms in total. The Balaban J connectivity index is 2.60. The maximum atomic E-state index is 13.7. The molecule has 0 aromatic rings. The number of rotatable bonds is 7. The molecule has 0 aromatic heterocycles. The Bertz CT molecular complexity index is 1230. The van der Waals surface area contributed by atoms with Gasteiger partial charge in [-0.05, 0) is 46.7 Å². The van der Waals surface area contributed by atoms with E-state index < -0.39 is 53.8 Å². The highest BCUT2D eigenvalue weighted by Crippen LogP contribution is 2.28. The van der Waals surface area contributed by atoms with Gasteiger partial charge in [0.2, 0.25) is 11.6 Å². The molecule has 2 amide bonds. The zero-order valence-electron chi connectivity index (χ0n) is 27.0. The van der Waals surface area contributed by atoms with Crippen molar-refractivity contribution in [1.29, 1.82) is 0 Å². The van der Waals surface area contributed by atoms with Crippen LogP contribution in [0.4, 0.5) is 4.79 Å². The number of carbonyl (C=O) groups is 4. The molecule has 1 aliphatic heterocycles. The number of allylic oxidation sites excluding steroid dienone is 4. The van der Waals surface area contributed by atoms with E-state index in [4.69, 9.17) is 9.47 Å². The van der Waals surface area contributed by atoms with Crippen LogP contribution in [0, 0.1) is 11.8 Å². The molecule has 1 aliphatic carbocycles. The van der Waals surface area contributed by atoms with Gasteiger partial charge in [0, 0.05) is 50.4 Å². The van der Waals surface area contributed by atoms with Gasteiger partial charge in [0.25, 0.3) is 5.91 Å². The minimum atomic E-state index is -1.25. The van der Waals surface area contributed by atoms with Gasteiger partial charge in [0.1, 0.15) is 0 Å². The molecule has 0 spiro atoms. The molecule has 244 valence electrons. The zero-order chi connectivity index (χ0) is 33.1. The number of carbonyl (C=O) groups excluding carboxylic acids is 3. The number of methoxy groups -OCH3 is 2. The molecule has 2 rings (SSSR count). The van der Waals surface area contributed by atoms with Gasteiger partial charge in [-0.1, -0.05) is 43.7 Å². The van der Waals surface area contributed by atoms with Gasteiger partial charge in [-0.2, -0.15) is 0 Å². The molecular weight excluding hydrogens is 568 g/mol. The van der Waals surface area contributed by atoms with E-state index in [1.54, 1.807) is 32.1 Å². The maximum Gasteiger partial charge on any atom is 0.405 e. The Morgan fingerprint density at radius 1 is 1.14 bits per heavy atom. The lowest BCUT2D eigenvalue weighted by Gasteiger charge is -2.30. The van der Waals surface area contributed by atoms with Gasteiger partial charge >= 0.3 is 6.09 Å². The van der Waals surface area contributed by atoms with Gasteiger partial charge in [0.05, 0.1) is 35.7 Å². The highest BCUT2D eigenvalue weighted by atomic mass is 16.5. The molecule has 0 unspecified atom stereocenters. The summed E-state index contributed by atoms with van der Waals surface area (Å²) in [7, 11) is 6.73. The van der Waals surface area contributed by atoms with Crippen molar-refractivity contribution in [2.45, 2.75) is 64.9 Å². The molecule has 5 N–H and O–H groups in total. The lowest BCUT2D eigenvalue weighted by Crippen LogP contribution is -2.44. The standard InChI is InChI=1S/C32H48N4O8/c1-18-14-22-28(33-12-13-36(5)6)24(37)17-23(30(22)39)34-31(40)19(2)10-9-11-25(43-7)27(35-32(41)42)20(3)16-21(4)29(38)26(15-18)44-8/h9-11,16-18,21,25-27,29,33,35,38H,12-15H2,1-8H3,(H,34,40)(H,41,42)/b11-9-,19-10+,20-16+/t18-,21+,25-,26+,27+,29-/m1/s1. The Hall–Kier alpha value is -3.58. The first-order valence-electron chi connectivity index (χ1n) is 14.7. The molecule has 0 radical (unpaired) electrons. The molecule has 0 aromatic carbocycles. The van der Waals surface area contributed by atoms with Crippen LogP contribution >= 0.6 is 0 Å². The number of aliphatic hydroxyl groups is 1. The number of aliphatic hydroxyl groups excluding tert-OH is 1. The summed E-state index contributed by atoms with van der Waals surface area (Å²) in [6.07, 6.45) is 4.56. The normalized spacial score (nSPS) is 31.0. The average Bonchev–Trinajstić information content (AvgIpc) is 2.95. The van der Waals surface area contributed by atoms with Crippen LogP contribution in [0.15, 0.2) is 58.5 Å². The maximum absolute atomic E-state index is 13.7. The van der Waals surface area contributed by atoms with Crippen LogP contribution in [0.3, 0.4) is 0 Å². The van der Waals surface area contributed by atoms with E-state index in [-0.39, 0.29) is 34.9 Å². The molecule has 2 bridgehead atoms. The van der Waals surface area contributed by atoms with E-state index in [1.165, 1.54) is 20.3 Å². The minimum Gasteiger partial charge on any atom is -0.465 e. The summed E-state index contributed by atoms with van der Waals surface area (Å²) >= 11 is 0. The van der Waals surface area contributed by atoms with Crippen molar-refractivity contribution in [2.24, 2.45) is 11.8 Å². The van der Waals surface area contributed by atoms with Gasteiger partial charge < -0.3 is 40.5 Å². The number of Topliss-reactive ketones (excluding diaryl/α,β-unsaturated/α-hetero) is 1. The third-order valence-corrected chi connectivity index (χ3v) is 7.76. The van der Waals surface area contributed by atoms with Gasteiger partial charge in [-0.3, -0.25) is 14.4 Å². The molecule has 44 heavy (non-hydrogen) atoms. The van der Waals surface area contributed by atoms with E-state index >= 15 is 0 Å². The van der Waals surface area contributed by atoms with Crippen molar-refractivity contribution >= 4 is 23.6 Å². The molecule has 0 saturated carbocycles. The molecule has 12 heteroatoms. The van der Waals surface area contributed by atoms with Crippen molar-refractivity contribution in [1.82, 2.24) is 20.9 Å². The number of likely N-dealkylation sites (N-methyl/N-ethyl adjacent to an activating group) is 1. The van der Waals surface area contributed by atoms with Crippen molar-refractivity contribution in [3.05, 3.63) is 58.5 Å². The van der Waals surface area contributed by atoms with Crippen molar-refractivity contribution in [3.8, 4) is 0 Å². The fourth-order valence-electron chi connectivity index (χ4n) is 5.26. The Labute approximate surface area is 259 Å². The monoisotopic (exact) mass is 616 g/mol. The number of hydrogen-bond acceptors (Lipinski definition) is 9. The number of hydrogen-bond donors (Lipinski definition) is 5. The molecule has 2 aliphatic rings. The fourth-order valence-corrected chi connectivity index (χ4v) is 5.26. The quantitative estimate of drug-likeness (QED) is 0.211. The first kappa shape index (κ1) is 36.6. The second-order valence-electron chi connectivity index (χ2n) is 11.7. The molecule has 0 saturated heterocycles. The summed E-state index contributed by atoms with van der Waals surface area (Å²) in [5.41, 5.74) is 1.22. The first-order valence-corrected chi connectivity index (χ1v) is 14.7. The molecule has 1 heterocycles. The van der Waals surface area contributed by atoms with Crippen LogP contribution in [-0.4, -0.2) is 104 Å². The van der Waals surface area contributed by atoms with Crippen LogP contribution < -0.4 is 16.0 Å². The van der Waals surface area contributed by atoms with Crippen LogP contribution in [-0.2, 0) is 23.9 Å². The second kappa shape index (κ2) is 17.0. The van der Waals surface area contributed by atoms with E-state index in [0.29, 0.717) is 25.1 Å². The van der Waals surface area contributed by atoms with Crippen LogP contribution in [0.2, 0.25) is 0 Å². The number of carboxylic acid groups (broad SMARTS) is 1. The largest absolute Gasteiger partial charge is 0.465 e. The SMILES string of the molecule is CO[C@H]1C[C@H](C)CC2=C(NCCN(C)C)C(=O)C=C(NC(=O)/C(C)=C/C=C\[C@@H](OC)[C@@H](NC(=O)O)/C(C)=C/[C@H](C)[C@H]1O)C2=O. The molecular formula is C32H48N4O8. The van der Waals surface area contributed by atoms with Crippen molar-refractivity contribution < 1.29 is 38.9 Å². The second-order valence-corrected chi connectivity index (χ2v) is 11.7. The topological polar surface area (TPSA) is 167 Å². The summed E-state index contributed by atoms with van der Waals surface area (Å²) in [6.45, 7) is 8.08. The predicted molar refractivity (Wildman–Crippen MR) is 167 cm³/mol. The molecule has 6 atom stereocenters. The Kier molecular flexibility index (Phi) is 14.2. The number of nitrogens with zero attached hydrogens (tertiary/aromatic N) is 1. The van der Waals surface area contributed by atoms with Gasteiger partial charge in [-0.25, -0.2) is 4.79 Å². The smallest absolute Gasteiger partial charge is 0.405 e. The van der Waals surface area contributed by atoms with Crippen LogP contribution in [0.5, 0.6) is 0 Å². The lowest BCUT2D eigenvalue weighted by atomic mass is 9.85. The summed E-state index contributed by atoms with van der Waals surface area (Å²) in [4.78, 5) is 53.6. The predicted octanol–water partition coefficient (Wildman–Crippen LogP) is 2.09. The number of ether oxygens (including phenoxy) is 2. The summed E-state index contributed by atoms with van der Waals surface area (Å²) < 4.78 is 11.2. The average molecular weight is 617 g/mol. The van der Waals surface area contributed by atoms with Crippen molar-refractivity contribution in [3.63, 3.8) is 0 Å². The van der Waals surface area contributed by atoms with Crippen molar-refractivity contribution in [2.75, 3.05) is 41.4 Å². The van der Waals surface area contributed by atoms with Crippen LogP contribution in [0.25, 0.3) is 0 Å². The van der Waals surface area contributed by atoms with Gasteiger partial charge in [0.15, 0.2) is 0 Å². The van der Waals surface area contributed by atoms with E-state index in [0.717, 1.165) is 6.08 Å². The number of nitrogens with one attached hydrogen (secondary N) is 3. The molecule has 0 fully saturated rings. The highest BCUT2D eigenvalue weighted by molar-refractivity contribution is 6.23. The fraction of sp³-hybridized carbons (Fsp3) is 0.562. The summed E-state index contributed by atoms with van der Waals surface area (Å²) in [6, 6.07) is -0.786. The highest BCUT2D eigenvalue weighted by Gasteiger charge is 2.33. The Morgan fingerprint density at radius 3 is 2.41 bits per heavy atom. The number of fused-ring (bicyclic) bond motifs is 2. The van der Waals surface area contributed by atoms with Crippen LogP contribution in [0.1, 0.15) is 40.5 Å². The summed E-state index contributed by atoms with van der Waals surface area (Å²) in [5, 5.41) is 29.0. The third kappa shape index (κ3) is 10.3. The first-order chi connectivity index (χ1) is 20.7. The summed E-state index contributed by atoms with van der Waals surface area (Å²) in [5.74, 6) is -2.08. The van der Waals surface area contributed by atoms with E-state index in [1.807, 2.05) is 32.8 Å².